The topological polar surface area (TPSA) is 21.3 Å². The van der Waals surface area contributed by atoms with Gasteiger partial charge < -0.3 is 10.1 Å². The van der Waals surface area contributed by atoms with Crippen molar-refractivity contribution in [1.82, 2.24) is 5.32 Å². The third-order valence-electron chi connectivity index (χ3n) is 3.78. The standard InChI is InChI=1S/C18H21NO/c1-18(2)13-19-16(14-9-5-3-6-10-14)17(20-18)15-11-7-4-8-12-15/h3-12,16-17,19H,13H2,1-2H3. The highest BCUT2D eigenvalue weighted by Crippen LogP contribution is 2.38. The highest BCUT2D eigenvalue weighted by molar-refractivity contribution is 5.27. The quantitative estimate of drug-likeness (QED) is 0.892. The minimum atomic E-state index is -0.147. The van der Waals surface area contributed by atoms with E-state index < -0.39 is 0 Å². The molecule has 20 heavy (non-hydrogen) atoms. The molecule has 1 fully saturated rings. The van der Waals surface area contributed by atoms with Crippen LogP contribution in [0.2, 0.25) is 0 Å². The van der Waals surface area contributed by atoms with E-state index in [1.807, 2.05) is 6.07 Å². The van der Waals surface area contributed by atoms with Gasteiger partial charge in [0.2, 0.25) is 0 Å². The van der Waals surface area contributed by atoms with Crippen LogP contribution in [0.15, 0.2) is 60.7 Å². The molecule has 0 saturated carbocycles. The van der Waals surface area contributed by atoms with Crippen molar-refractivity contribution < 1.29 is 4.74 Å². The molecule has 0 amide bonds. The Labute approximate surface area is 120 Å². The van der Waals surface area contributed by atoms with Crippen LogP contribution in [0.3, 0.4) is 0 Å². The van der Waals surface area contributed by atoms with Crippen LogP contribution in [0.25, 0.3) is 0 Å². The molecule has 0 aliphatic carbocycles. The summed E-state index contributed by atoms with van der Waals surface area (Å²) in [4.78, 5) is 0. The summed E-state index contributed by atoms with van der Waals surface area (Å²) < 4.78 is 6.36. The zero-order chi connectivity index (χ0) is 14.0. The average Bonchev–Trinajstić information content (AvgIpc) is 2.48. The molecule has 2 atom stereocenters. The molecule has 0 radical (unpaired) electrons. The maximum atomic E-state index is 6.36. The molecule has 1 saturated heterocycles. The maximum absolute atomic E-state index is 6.36. The third-order valence-corrected chi connectivity index (χ3v) is 3.78. The van der Waals surface area contributed by atoms with Crippen LogP contribution >= 0.6 is 0 Å². The second-order valence-corrected chi connectivity index (χ2v) is 5.98. The smallest absolute Gasteiger partial charge is 0.103 e. The number of nitrogens with one attached hydrogen (secondary N) is 1. The van der Waals surface area contributed by atoms with Gasteiger partial charge >= 0.3 is 0 Å². The Kier molecular flexibility index (Phi) is 3.60. The summed E-state index contributed by atoms with van der Waals surface area (Å²) in [6.07, 6.45) is 0.0438. The van der Waals surface area contributed by atoms with Crippen LogP contribution in [-0.4, -0.2) is 12.1 Å². The van der Waals surface area contributed by atoms with Gasteiger partial charge in [0.1, 0.15) is 6.10 Å². The molecule has 1 aliphatic rings. The van der Waals surface area contributed by atoms with E-state index in [2.05, 4.69) is 73.8 Å². The zero-order valence-corrected chi connectivity index (χ0v) is 12.0. The number of ether oxygens (including phenoxy) is 1. The van der Waals surface area contributed by atoms with E-state index in [9.17, 15) is 0 Å². The lowest BCUT2D eigenvalue weighted by molar-refractivity contribution is -0.119. The number of rotatable bonds is 2. The van der Waals surface area contributed by atoms with Gasteiger partial charge in [-0.15, -0.1) is 0 Å². The van der Waals surface area contributed by atoms with Gasteiger partial charge in [-0.3, -0.25) is 0 Å². The van der Waals surface area contributed by atoms with Crippen molar-refractivity contribution in [2.24, 2.45) is 0 Å². The molecule has 0 aromatic heterocycles. The molecule has 0 spiro atoms. The summed E-state index contributed by atoms with van der Waals surface area (Å²) in [5.41, 5.74) is 2.35. The van der Waals surface area contributed by atoms with Crippen molar-refractivity contribution in [1.29, 1.82) is 0 Å². The van der Waals surface area contributed by atoms with E-state index in [1.165, 1.54) is 11.1 Å². The predicted molar refractivity (Wildman–Crippen MR) is 81.5 cm³/mol. The monoisotopic (exact) mass is 267 g/mol. The molecular weight excluding hydrogens is 246 g/mol. The van der Waals surface area contributed by atoms with E-state index in [0.29, 0.717) is 0 Å². The minimum absolute atomic E-state index is 0.0438. The summed E-state index contributed by atoms with van der Waals surface area (Å²) in [6.45, 7) is 5.13. The highest BCUT2D eigenvalue weighted by Gasteiger charge is 2.36. The van der Waals surface area contributed by atoms with Gasteiger partial charge in [-0.2, -0.15) is 0 Å². The fourth-order valence-corrected chi connectivity index (χ4v) is 2.77. The first kappa shape index (κ1) is 13.3. The van der Waals surface area contributed by atoms with Crippen LogP contribution in [0.1, 0.15) is 37.1 Å². The second kappa shape index (κ2) is 5.39. The summed E-state index contributed by atoms with van der Waals surface area (Å²) in [6, 6.07) is 21.2. The zero-order valence-electron chi connectivity index (χ0n) is 12.0. The second-order valence-electron chi connectivity index (χ2n) is 5.98. The van der Waals surface area contributed by atoms with Gasteiger partial charge in [-0.1, -0.05) is 60.7 Å². The van der Waals surface area contributed by atoms with Crippen molar-refractivity contribution in [3.63, 3.8) is 0 Å². The van der Waals surface area contributed by atoms with Crippen LogP contribution in [-0.2, 0) is 4.74 Å². The van der Waals surface area contributed by atoms with Gasteiger partial charge in [0.15, 0.2) is 0 Å². The molecule has 2 aromatic rings. The first-order chi connectivity index (χ1) is 9.66. The van der Waals surface area contributed by atoms with Crippen LogP contribution in [0, 0.1) is 0 Å². The lowest BCUT2D eigenvalue weighted by atomic mass is 9.91. The van der Waals surface area contributed by atoms with E-state index in [0.717, 1.165) is 6.54 Å². The summed E-state index contributed by atoms with van der Waals surface area (Å²) in [5, 5.41) is 3.65. The molecule has 104 valence electrons. The highest BCUT2D eigenvalue weighted by atomic mass is 16.5. The molecule has 3 rings (SSSR count). The fourth-order valence-electron chi connectivity index (χ4n) is 2.77. The molecular formula is C18H21NO. The van der Waals surface area contributed by atoms with E-state index in [4.69, 9.17) is 4.74 Å². The number of benzene rings is 2. The lowest BCUT2D eigenvalue weighted by Gasteiger charge is -2.42. The Morgan fingerprint density at radius 1 is 0.900 bits per heavy atom. The maximum Gasteiger partial charge on any atom is 0.103 e. The number of hydrogen-bond acceptors (Lipinski definition) is 2. The van der Waals surface area contributed by atoms with E-state index in [-0.39, 0.29) is 17.7 Å². The third kappa shape index (κ3) is 2.77. The molecule has 0 bridgehead atoms. The minimum Gasteiger partial charge on any atom is -0.364 e. The summed E-state index contributed by atoms with van der Waals surface area (Å²) >= 11 is 0. The van der Waals surface area contributed by atoms with Crippen molar-refractivity contribution in [3.05, 3.63) is 71.8 Å². The summed E-state index contributed by atoms with van der Waals surface area (Å²) in [7, 11) is 0. The Balaban J connectivity index is 1.96. The molecule has 2 unspecified atom stereocenters. The van der Waals surface area contributed by atoms with Crippen molar-refractivity contribution in [3.8, 4) is 0 Å². The van der Waals surface area contributed by atoms with Crippen molar-refractivity contribution >= 4 is 0 Å². The van der Waals surface area contributed by atoms with Gasteiger partial charge in [-0.25, -0.2) is 0 Å². The van der Waals surface area contributed by atoms with Crippen LogP contribution < -0.4 is 5.32 Å². The number of morpholine rings is 1. The predicted octanol–water partition coefficient (Wildman–Crippen LogP) is 3.87. The van der Waals surface area contributed by atoms with E-state index >= 15 is 0 Å². The Morgan fingerprint density at radius 2 is 1.45 bits per heavy atom. The van der Waals surface area contributed by atoms with Crippen LogP contribution in [0.4, 0.5) is 0 Å². The lowest BCUT2D eigenvalue weighted by Crippen LogP contribution is -2.48. The Hall–Kier alpha value is -1.64. The van der Waals surface area contributed by atoms with Crippen LogP contribution in [0.5, 0.6) is 0 Å². The Morgan fingerprint density at radius 3 is 2.05 bits per heavy atom. The molecule has 1 heterocycles. The molecule has 1 N–H and O–H groups in total. The SMILES string of the molecule is CC1(C)CNC(c2ccccc2)C(c2ccccc2)O1. The van der Waals surface area contributed by atoms with Crippen molar-refractivity contribution in [2.45, 2.75) is 31.6 Å². The van der Waals surface area contributed by atoms with Gasteiger partial charge in [0.05, 0.1) is 11.6 Å². The molecule has 2 nitrogen and oxygen atoms in total. The normalized spacial score (nSPS) is 25.3. The van der Waals surface area contributed by atoms with Crippen molar-refractivity contribution in [2.75, 3.05) is 6.54 Å². The summed E-state index contributed by atoms with van der Waals surface area (Å²) in [5.74, 6) is 0. The molecule has 1 aliphatic heterocycles. The first-order valence-corrected chi connectivity index (χ1v) is 7.17. The molecule has 2 heteroatoms. The van der Waals surface area contributed by atoms with Gasteiger partial charge in [-0.05, 0) is 25.0 Å². The largest absolute Gasteiger partial charge is 0.364 e. The van der Waals surface area contributed by atoms with Gasteiger partial charge in [0, 0.05) is 6.54 Å². The van der Waals surface area contributed by atoms with E-state index in [1.54, 1.807) is 0 Å². The average molecular weight is 267 g/mol. The number of hydrogen-bond donors (Lipinski definition) is 1. The molecule has 2 aromatic carbocycles. The first-order valence-electron chi connectivity index (χ1n) is 7.17. The fraction of sp³-hybridized carbons (Fsp3) is 0.333. The Bertz CT molecular complexity index is 550. The van der Waals surface area contributed by atoms with Gasteiger partial charge in [0.25, 0.3) is 0 Å².